The summed E-state index contributed by atoms with van der Waals surface area (Å²) >= 11 is 2.90. The molecule has 1 unspecified atom stereocenters. The highest BCUT2D eigenvalue weighted by Crippen LogP contribution is 2.29. The van der Waals surface area contributed by atoms with Crippen molar-refractivity contribution in [3.8, 4) is 0 Å². The third kappa shape index (κ3) is 7.92. The van der Waals surface area contributed by atoms with E-state index in [0.29, 0.717) is 17.7 Å². The van der Waals surface area contributed by atoms with E-state index in [1.807, 2.05) is 79.9 Å². The fourth-order valence-corrected chi connectivity index (χ4v) is 5.39. The zero-order chi connectivity index (χ0) is 27.6. The summed E-state index contributed by atoms with van der Waals surface area (Å²) in [7, 11) is 0. The molecule has 1 atom stereocenters. The van der Waals surface area contributed by atoms with E-state index in [2.05, 4.69) is 16.0 Å². The quantitative estimate of drug-likeness (QED) is 0.146. The number of amides is 3. The van der Waals surface area contributed by atoms with E-state index >= 15 is 0 Å². The van der Waals surface area contributed by atoms with Crippen LogP contribution in [0.25, 0.3) is 6.08 Å². The van der Waals surface area contributed by atoms with Gasteiger partial charge in [0, 0.05) is 26.7 Å². The number of hydrogen-bond acceptors (Lipinski definition) is 5. The van der Waals surface area contributed by atoms with Crippen LogP contribution in [0.3, 0.4) is 0 Å². The van der Waals surface area contributed by atoms with Gasteiger partial charge in [0.1, 0.15) is 5.70 Å². The third-order valence-corrected chi connectivity index (χ3v) is 7.97. The molecule has 0 spiro atoms. The predicted octanol–water partition coefficient (Wildman–Crippen LogP) is 6.98. The van der Waals surface area contributed by atoms with E-state index in [9.17, 15) is 14.4 Å². The summed E-state index contributed by atoms with van der Waals surface area (Å²) in [4.78, 5) is 40.7. The summed E-state index contributed by atoms with van der Waals surface area (Å²) in [6, 6.07) is 27.5. The molecule has 0 saturated heterocycles. The Hall–Kier alpha value is -4.14. The number of anilines is 2. The zero-order valence-electron chi connectivity index (χ0n) is 21.6. The average molecular weight is 556 g/mol. The highest BCUT2D eigenvalue weighted by atomic mass is 32.2. The van der Waals surface area contributed by atoms with Crippen molar-refractivity contribution in [2.75, 3.05) is 10.6 Å². The second-order valence-electron chi connectivity index (χ2n) is 8.69. The molecule has 0 aliphatic rings. The van der Waals surface area contributed by atoms with Crippen molar-refractivity contribution in [2.45, 2.75) is 30.4 Å². The largest absolute Gasteiger partial charge is 0.325 e. The standard InChI is InChI=1S/C31H29N3O3S2/c1-3-28(31(37)33-26-17-8-7-11-21(26)2)39-25-15-9-14-23(19-25)32-30(36)27(20-24-16-10-18-38-24)34-29(35)22-12-5-4-6-13-22/h4-20,28H,3H2,1-2H3,(H,32,36)(H,33,37)(H,34,35)/b27-20-. The van der Waals surface area contributed by atoms with Gasteiger partial charge in [0.2, 0.25) is 5.91 Å². The number of carbonyl (C=O) groups excluding carboxylic acids is 3. The van der Waals surface area contributed by atoms with Gasteiger partial charge in [0.15, 0.2) is 0 Å². The molecule has 39 heavy (non-hydrogen) atoms. The van der Waals surface area contributed by atoms with Gasteiger partial charge in [-0.3, -0.25) is 14.4 Å². The van der Waals surface area contributed by atoms with Crippen molar-refractivity contribution in [1.82, 2.24) is 5.32 Å². The fraction of sp³-hybridized carbons (Fsp3) is 0.129. The Morgan fingerprint density at radius 3 is 2.38 bits per heavy atom. The first kappa shape index (κ1) is 27.9. The number of nitrogens with one attached hydrogen (secondary N) is 3. The van der Waals surface area contributed by atoms with Gasteiger partial charge >= 0.3 is 0 Å². The minimum Gasteiger partial charge on any atom is -0.325 e. The molecular formula is C31H29N3O3S2. The topological polar surface area (TPSA) is 87.3 Å². The van der Waals surface area contributed by atoms with Gasteiger partial charge in [-0.1, -0.05) is 55.5 Å². The molecule has 6 nitrogen and oxygen atoms in total. The lowest BCUT2D eigenvalue weighted by molar-refractivity contribution is -0.116. The molecule has 8 heteroatoms. The lowest BCUT2D eigenvalue weighted by Gasteiger charge is -2.16. The van der Waals surface area contributed by atoms with Crippen molar-refractivity contribution in [3.63, 3.8) is 0 Å². The molecule has 4 aromatic rings. The Bertz CT molecular complexity index is 1470. The Balaban J connectivity index is 1.47. The van der Waals surface area contributed by atoms with Gasteiger partial charge in [-0.25, -0.2) is 0 Å². The second-order valence-corrected chi connectivity index (χ2v) is 10.9. The fourth-order valence-electron chi connectivity index (χ4n) is 3.72. The van der Waals surface area contributed by atoms with Crippen LogP contribution in [0.4, 0.5) is 11.4 Å². The highest BCUT2D eigenvalue weighted by molar-refractivity contribution is 8.00. The normalized spacial score (nSPS) is 11.9. The van der Waals surface area contributed by atoms with E-state index in [0.717, 1.165) is 21.0 Å². The predicted molar refractivity (Wildman–Crippen MR) is 161 cm³/mol. The molecule has 0 aliphatic heterocycles. The van der Waals surface area contributed by atoms with Crippen LogP contribution in [-0.4, -0.2) is 23.0 Å². The summed E-state index contributed by atoms with van der Waals surface area (Å²) < 4.78 is 0. The van der Waals surface area contributed by atoms with Crippen LogP contribution < -0.4 is 16.0 Å². The SMILES string of the molecule is CCC(Sc1cccc(NC(=O)/C(=C/c2cccs2)NC(=O)c2ccccc2)c1)C(=O)Nc1ccccc1C. The summed E-state index contributed by atoms with van der Waals surface area (Å²) in [5.74, 6) is -0.890. The monoisotopic (exact) mass is 555 g/mol. The van der Waals surface area contributed by atoms with E-state index in [4.69, 9.17) is 0 Å². The van der Waals surface area contributed by atoms with Crippen molar-refractivity contribution in [1.29, 1.82) is 0 Å². The maximum atomic E-state index is 13.3. The molecule has 0 bridgehead atoms. The summed E-state index contributed by atoms with van der Waals surface area (Å²) in [5, 5.41) is 10.2. The smallest absolute Gasteiger partial charge is 0.272 e. The van der Waals surface area contributed by atoms with E-state index in [-0.39, 0.29) is 22.8 Å². The van der Waals surface area contributed by atoms with Crippen molar-refractivity contribution < 1.29 is 14.4 Å². The van der Waals surface area contributed by atoms with Gasteiger partial charge < -0.3 is 16.0 Å². The van der Waals surface area contributed by atoms with Crippen molar-refractivity contribution in [3.05, 3.63) is 118 Å². The molecule has 3 aromatic carbocycles. The number of hydrogen-bond donors (Lipinski definition) is 3. The molecule has 3 amide bonds. The lowest BCUT2D eigenvalue weighted by atomic mass is 10.2. The second kappa shape index (κ2) is 13.6. The van der Waals surface area contributed by atoms with Crippen LogP contribution >= 0.6 is 23.1 Å². The van der Waals surface area contributed by atoms with Crippen LogP contribution in [0.15, 0.2) is 107 Å². The van der Waals surface area contributed by atoms with Crippen LogP contribution in [0.5, 0.6) is 0 Å². The van der Waals surface area contributed by atoms with Crippen LogP contribution in [0.2, 0.25) is 0 Å². The number of benzene rings is 3. The zero-order valence-corrected chi connectivity index (χ0v) is 23.3. The number of aryl methyl sites for hydroxylation is 1. The molecule has 3 N–H and O–H groups in total. The van der Waals surface area contributed by atoms with Crippen molar-refractivity contribution >= 4 is 58.3 Å². The number of carbonyl (C=O) groups is 3. The molecule has 198 valence electrons. The first-order valence-corrected chi connectivity index (χ1v) is 14.2. The average Bonchev–Trinajstić information content (AvgIpc) is 3.46. The Labute approximate surface area is 236 Å². The van der Waals surface area contributed by atoms with Gasteiger partial charge in [-0.2, -0.15) is 0 Å². The minimum atomic E-state index is -0.445. The van der Waals surface area contributed by atoms with Gasteiger partial charge in [-0.15, -0.1) is 23.1 Å². The Morgan fingerprint density at radius 1 is 0.897 bits per heavy atom. The minimum absolute atomic E-state index is 0.0731. The summed E-state index contributed by atoms with van der Waals surface area (Å²) in [6.45, 7) is 3.93. The molecule has 0 radical (unpaired) electrons. The molecule has 4 rings (SSSR count). The molecule has 0 saturated carbocycles. The third-order valence-electron chi connectivity index (χ3n) is 5.79. The number of thioether (sulfide) groups is 1. The molecule has 1 aromatic heterocycles. The van der Waals surface area contributed by atoms with Crippen LogP contribution in [-0.2, 0) is 9.59 Å². The van der Waals surface area contributed by atoms with Gasteiger partial charge in [-0.05, 0) is 72.8 Å². The molecule has 0 aliphatic carbocycles. The summed E-state index contributed by atoms with van der Waals surface area (Å²) in [6.07, 6.45) is 2.29. The van der Waals surface area contributed by atoms with E-state index in [1.165, 1.54) is 23.1 Å². The number of para-hydroxylation sites is 1. The molecule has 1 heterocycles. The van der Waals surface area contributed by atoms with Crippen LogP contribution in [0, 0.1) is 6.92 Å². The molecular weight excluding hydrogens is 526 g/mol. The maximum Gasteiger partial charge on any atom is 0.272 e. The summed E-state index contributed by atoms with van der Waals surface area (Å²) in [5.41, 5.74) is 2.94. The number of rotatable bonds is 10. The maximum absolute atomic E-state index is 13.3. The lowest BCUT2D eigenvalue weighted by Crippen LogP contribution is -2.30. The Morgan fingerprint density at radius 2 is 1.67 bits per heavy atom. The Kier molecular flexibility index (Phi) is 9.72. The van der Waals surface area contributed by atoms with E-state index < -0.39 is 5.91 Å². The molecule has 0 fully saturated rings. The van der Waals surface area contributed by atoms with Gasteiger partial charge in [0.25, 0.3) is 11.8 Å². The van der Waals surface area contributed by atoms with Gasteiger partial charge in [0.05, 0.1) is 5.25 Å². The van der Waals surface area contributed by atoms with Crippen molar-refractivity contribution in [2.24, 2.45) is 0 Å². The van der Waals surface area contributed by atoms with E-state index in [1.54, 1.807) is 36.4 Å². The van der Waals surface area contributed by atoms with Crippen LogP contribution in [0.1, 0.15) is 34.1 Å². The first-order chi connectivity index (χ1) is 18.9. The number of thiophene rings is 1. The first-order valence-electron chi connectivity index (χ1n) is 12.5. The highest BCUT2D eigenvalue weighted by Gasteiger charge is 2.20.